The Morgan fingerprint density at radius 3 is 2.41 bits per heavy atom. The molecule has 0 heterocycles. The van der Waals surface area contributed by atoms with E-state index in [1.54, 1.807) is 0 Å². The first-order valence-corrected chi connectivity index (χ1v) is 5.81. The van der Waals surface area contributed by atoms with E-state index in [0.29, 0.717) is 0 Å². The quantitative estimate of drug-likeness (QED) is 0.786. The van der Waals surface area contributed by atoms with Crippen molar-refractivity contribution in [2.45, 2.75) is 20.4 Å². The topological polar surface area (TPSA) is 38.0 Å². The third-order valence-electron chi connectivity index (χ3n) is 2.82. The van der Waals surface area contributed by atoms with Gasteiger partial charge < -0.3 is 11.1 Å². The van der Waals surface area contributed by atoms with Crippen LogP contribution in [0.5, 0.6) is 0 Å². The summed E-state index contributed by atoms with van der Waals surface area (Å²) in [6.07, 6.45) is 0. The average Bonchev–Trinajstić information content (AvgIpc) is 2.29. The summed E-state index contributed by atoms with van der Waals surface area (Å²) in [7, 11) is 0. The minimum absolute atomic E-state index is 0.801. The van der Waals surface area contributed by atoms with E-state index in [2.05, 4.69) is 37.4 Å². The fraction of sp³-hybridized carbons (Fsp3) is 0.200. The van der Waals surface area contributed by atoms with Gasteiger partial charge in [-0.05, 0) is 36.6 Å². The van der Waals surface area contributed by atoms with Gasteiger partial charge in [-0.15, -0.1) is 0 Å². The molecule has 0 fully saturated rings. The average molecular weight is 226 g/mol. The molecule has 2 heteroatoms. The van der Waals surface area contributed by atoms with Gasteiger partial charge in [-0.2, -0.15) is 0 Å². The van der Waals surface area contributed by atoms with Gasteiger partial charge in [0.1, 0.15) is 0 Å². The minimum atomic E-state index is 0.801. The predicted octanol–water partition coefficient (Wildman–Crippen LogP) is 3.50. The standard InChI is InChI=1S/C15H18N2/c1-11-8-12(2)15(14(16)9-11)17-10-13-6-4-3-5-7-13/h3-9,17H,10,16H2,1-2H3. The van der Waals surface area contributed by atoms with Gasteiger partial charge in [0.05, 0.1) is 11.4 Å². The maximum Gasteiger partial charge on any atom is 0.0606 e. The Balaban J connectivity index is 2.15. The SMILES string of the molecule is Cc1cc(C)c(NCc2ccccc2)c(N)c1. The highest BCUT2D eigenvalue weighted by Gasteiger charge is 2.03. The number of rotatable bonds is 3. The van der Waals surface area contributed by atoms with E-state index < -0.39 is 0 Å². The third-order valence-corrected chi connectivity index (χ3v) is 2.82. The van der Waals surface area contributed by atoms with Gasteiger partial charge in [0.25, 0.3) is 0 Å². The maximum atomic E-state index is 6.02. The van der Waals surface area contributed by atoms with Crippen LogP contribution in [0.2, 0.25) is 0 Å². The summed E-state index contributed by atoms with van der Waals surface area (Å²) in [6, 6.07) is 14.5. The van der Waals surface area contributed by atoms with Crippen molar-refractivity contribution in [1.29, 1.82) is 0 Å². The highest BCUT2D eigenvalue weighted by molar-refractivity contribution is 5.71. The largest absolute Gasteiger partial charge is 0.397 e. The molecule has 2 rings (SSSR count). The molecule has 0 radical (unpaired) electrons. The number of nitrogens with one attached hydrogen (secondary N) is 1. The van der Waals surface area contributed by atoms with Gasteiger partial charge in [0, 0.05) is 6.54 Å². The molecule has 0 amide bonds. The fourth-order valence-corrected chi connectivity index (χ4v) is 2.03. The first-order valence-electron chi connectivity index (χ1n) is 5.81. The molecule has 0 aliphatic rings. The molecular weight excluding hydrogens is 208 g/mol. The normalized spacial score (nSPS) is 10.2. The summed E-state index contributed by atoms with van der Waals surface area (Å²) >= 11 is 0. The lowest BCUT2D eigenvalue weighted by atomic mass is 10.1. The second-order valence-corrected chi connectivity index (χ2v) is 4.39. The van der Waals surface area contributed by atoms with Crippen molar-refractivity contribution in [3.8, 4) is 0 Å². The Morgan fingerprint density at radius 1 is 1.06 bits per heavy atom. The predicted molar refractivity (Wildman–Crippen MR) is 74.1 cm³/mol. The van der Waals surface area contributed by atoms with Crippen LogP contribution in [-0.4, -0.2) is 0 Å². The molecule has 0 aliphatic carbocycles. The molecule has 0 saturated carbocycles. The molecule has 0 unspecified atom stereocenters. The van der Waals surface area contributed by atoms with Crippen LogP contribution in [0.15, 0.2) is 42.5 Å². The van der Waals surface area contributed by atoms with Crippen LogP contribution < -0.4 is 11.1 Å². The van der Waals surface area contributed by atoms with Crippen molar-refractivity contribution in [3.05, 3.63) is 59.2 Å². The lowest BCUT2D eigenvalue weighted by Crippen LogP contribution is -2.04. The second kappa shape index (κ2) is 4.91. The zero-order chi connectivity index (χ0) is 12.3. The van der Waals surface area contributed by atoms with Crippen LogP contribution >= 0.6 is 0 Å². The van der Waals surface area contributed by atoms with E-state index in [-0.39, 0.29) is 0 Å². The number of nitrogen functional groups attached to an aromatic ring is 1. The van der Waals surface area contributed by atoms with Crippen molar-refractivity contribution >= 4 is 11.4 Å². The Morgan fingerprint density at radius 2 is 1.76 bits per heavy atom. The fourth-order valence-electron chi connectivity index (χ4n) is 2.03. The molecule has 0 spiro atoms. The molecular formula is C15H18N2. The highest BCUT2D eigenvalue weighted by atomic mass is 14.9. The first kappa shape index (κ1) is 11.5. The summed E-state index contributed by atoms with van der Waals surface area (Å²) in [5, 5.41) is 3.40. The number of benzene rings is 2. The summed E-state index contributed by atoms with van der Waals surface area (Å²) in [4.78, 5) is 0. The zero-order valence-corrected chi connectivity index (χ0v) is 10.3. The van der Waals surface area contributed by atoms with E-state index in [9.17, 15) is 0 Å². The van der Waals surface area contributed by atoms with Crippen LogP contribution in [0, 0.1) is 13.8 Å². The van der Waals surface area contributed by atoms with Crippen LogP contribution in [0.4, 0.5) is 11.4 Å². The molecule has 17 heavy (non-hydrogen) atoms. The zero-order valence-electron chi connectivity index (χ0n) is 10.3. The Labute approximate surface area is 102 Å². The first-order chi connectivity index (χ1) is 8.16. The minimum Gasteiger partial charge on any atom is -0.397 e. The molecule has 0 bridgehead atoms. The van der Waals surface area contributed by atoms with E-state index in [0.717, 1.165) is 17.9 Å². The molecule has 0 saturated heterocycles. The van der Waals surface area contributed by atoms with Crippen molar-refractivity contribution < 1.29 is 0 Å². The number of hydrogen-bond acceptors (Lipinski definition) is 2. The summed E-state index contributed by atoms with van der Waals surface area (Å²) in [5.41, 5.74) is 11.5. The van der Waals surface area contributed by atoms with Crippen molar-refractivity contribution in [2.24, 2.45) is 0 Å². The van der Waals surface area contributed by atoms with Gasteiger partial charge in [0.2, 0.25) is 0 Å². The van der Waals surface area contributed by atoms with E-state index >= 15 is 0 Å². The molecule has 2 aromatic rings. The van der Waals surface area contributed by atoms with Crippen LogP contribution in [0.3, 0.4) is 0 Å². The highest BCUT2D eigenvalue weighted by Crippen LogP contribution is 2.25. The van der Waals surface area contributed by atoms with Crippen molar-refractivity contribution in [3.63, 3.8) is 0 Å². The number of aryl methyl sites for hydroxylation is 2. The van der Waals surface area contributed by atoms with Gasteiger partial charge in [-0.25, -0.2) is 0 Å². The molecule has 88 valence electrons. The summed E-state index contributed by atoms with van der Waals surface area (Å²) in [6.45, 7) is 4.94. The monoisotopic (exact) mass is 226 g/mol. The van der Waals surface area contributed by atoms with E-state index in [4.69, 9.17) is 5.73 Å². The van der Waals surface area contributed by atoms with E-state index in [1.165, 1.54) is 16.7 Å². The number of anilines is 2. The van der Waals surface area contributed by atoms with Crippen LogP contribution in [0.25, 0.3) is 0 Å². The number of nitrogens with two attached hydrogens (primary N) is 1. The molecule has 0 aromatic heterocycles. The third kappa shape index (κ3) is 2.78. The van der Waals surface area contributed by atoms with E-state index in [1.807, 2.05) is 24.3 Å². The maximum absolute atomic E-state index is 6.02. The Bertz CT molecular complexity index is 481. The van der Waals surface area contributed by atoms with Gasteiger partial charge in [-0.3, -0.25) is 0 Å². The Kier molecular flexibility index (Phi) is 3.33. The van der Waals surface area contributed by atoms with Crippen molar-refractivity contribution in [1.82, 2.24) is 0 Å². The second-order valence-electron chi connectivity index (χ2n) is 4.39. The van der Waals surface area contributed by atoms with Crippen LogP contribution in [0.1, 0.15) is 16.7 Å². The lowest BCUT2D eigenvalue weighted by Gasteiger charge is -2.13. The molecule has 2 aromatic carbocycles. The number of hydrogen-bond donors (Lipinski definition) is 2. The molecule has 0 atom stereocenters. The summed E-state index contributed by atoms with van der Waals surface area (Å²) < 4.78 is 0. The summed E-state index contributed by atoms with van der Waals surface area (Å²) in [5.74, 6) is 0. The molecule has 0 aliphatic heterocycles. The molecule has 3 N–H and O–H groups in total. The van der Waals surface area contributed by atoms with Gasteiger partial charge in [0.15, 0.2) is 0 Å². The lowest BCUT2D eigenvalue weighted by molar-refractivity contribution is 1.14. The van der Waals surface area contributed by atoms with Crippen molar-refractivity contribution in [2.75, 3.05) is 11.1 Å². The van der Waals surface area contributed by atoms with Crippen LogP contribution in [-0.2, 0) is 6.54 Å². The smallest absolute Gasteiger partial charge is 0.0606 e. The van der Waals surface area contributed by atoms with Gasteiger partial charge in [-0.1, -0.05) is 36.4 Å². The molecule has 2 nitrogen and oxygen atoms in total. The Hall–Kier alpha value is -1.96. The van der Waals surface area contributed by atoms with Gasteiger partial charge >= 0.3 is 0 Å².